The third kappa shape index (κ3) is 5.72. The average Bonchev–Trinajstić information content (AvgIpc) is 4.14. The normalized spacial score (nSPS) is 14.2. The van der Waals surface area contributed by atoms with Gasteiger partial charge in [-0.1, -0.05) is 170 Å². The number of hydrogen-bond acceptors (Lipinski definition) is 3. The minimum atomic E-state index is -0.703. The van der Waals surface area contributed by atoms with Crippen LogP contribution >= 0.6 is 0 Å². The van der Waals surface area contributed by atoms with Gasteiger partial charge < -0.3 is 13.7 Å². The quantitative estimate of drug-likeness (QED) is 0.167. The smallest absolute Gasteiger partial charge is 0.135 e. The molecular weight excluding hydrogens is 827 g/mol. The number of para-hydroxylation sites is 1. The number of fused-ring (bicyclic) bond motifs is 15. The molecule has 2 heterocycles. The lowest BCUT2D eigenvalue weighted by molar-refractivity contribution is 0.582. The van der Waals surface area contributed by atoms with E-state index in [2.05, 4.69) is 235 Å². The number of nitrogens with zero attached hydrogens (tertiary/aromatic N) is 1. The number of anilines is 3. The van der Waals surface area contributed by atoms with Gasteiger partial charge in [0.1, 0.15) is 16.9 Å². The van der Waals surface area contributed by atoms with Gasteiger partial charge in [0.2, 0.25) is 0 Å². The maximum Gasteiger partial charge on any atom is 0.135 e. The van der Waals surface area contributed by atoms with Crippen LogP contribution < -0.4 is 4.90 Å². The molecule has 0 saturated carbocycles. The van der Waals surface area contributed by atoms with Crippen molar-refractivity contribution in [1.29, 1.82) is 0 Å². The highest BCUT2D eigenvalue weighted by atomic mass is 16.3. The van der Waals surface area contributed by atoms with E-state index in [-0.39, 0.29) is 0 Å². The highest BCUT2D eigenvalue weighted by Gasteiger charge is 2.50. The predicted molar refractivity (Wildman–Crippen MR) is 279 cm³/mol. The van der Waals surface area contributed by atoms with E-state index < -0.39 is 5.41 Å². The standard InChI is InChI=1S/C65H41NO2/c1-2-14-42(15-3-1)43-27-31-47(32-28-43)66(48-33-29-44(30-34-48)45-16-12-17-46(38-45)62-26-13-37-67-62)49-35-36-54-51-19-5-4-18-50(51)52-20-6-9-23-58(52)65(60(54)39-49)59-24-10-7-21-53(59)56-40-57-55-22-8-11-25-63(55)68-64(57)41-61(56)65/h1-41H. The molecule has 14 rings (SSSR count). The first-order valence-electron chi connectivity index (χ1n) is 23.3. The first kappa shape index (κ1) is 38.4. The Morgan fingerprint density at radius 3 is 1.54 bits per heavy atom. The SMILES string of the molecule is c1ccc(-c2ccc(N(c3ccc(-c4cccc(-c5ccco5)c4)cc3)c3ccc4c(c3)C3(c5ccccc5-c5ccccc5-4)c4ccccc4-c4cc5c(cc43)oc3ccccc35)cc2)cc1. The van der Waals surface area contributed by atoms with Crippen molar-refractivity contribution in [1.82, 2.24) is 0 Å². The van der Waals surface area contributed by atoms with Gasteiger partial charge in [-0.2, -0.15) is 0 Å². The summed E-state index contributed by atoms with van der Waals surface area (Å²) in [4.78, 5) is 2.42. The molecule has 1 unspecified atom stereocenters. The van der Waals surface area contributed by atoms with E-state index in [1.54, 1.807) is 6.26 Å². The fourth-order valence-electron chi connectivity index (χ4n) is 11.4. The lowest BCUT2D eigenvalue weighted by Crippen LogP contribution is -2.29. The van der Waals surface area contributed by atoms with E-state index in [9.17, 15) is 0 Å². The molecule has 0 radical (unpaired) electrons. The monoisotopic (exact) mass is 867 g/mol. The summed E-state index contributed by atoms with van der Waals surface area (Å²) in [6, 6.07) is 88.5. The lowest BCUT2D eigenvalue weighted by Gasteiger charge is -2.36. The summed E-state index contributed by atoms with van der Waals surface area (Å²) in [6.45, 7) is 0. The van der Waals surface area contributed by atoms with Crippen molar-refractivity contribution in [2.24, 2.45) is 0 Å². The number of furan rings is 2. The summed E-state index contributed by atoms with van der Waals surface area (Å²) in [6.07, 6.45) is 1.73. The van der Waals surface area contributed by atoms with Crippen LogP contribution in [0.5, 0.6) is 0 Å². The summed E-state index contributed by atoms with van der Waals surface area (Å²) in [5.74, 6) is 0.856. The maximum atomic E-state index is 6.75. The van der Waals surface area contributed by atoms with Crippen LogP contribution in [0.1, 0.15) is 22.3 Å². The first-order chi connectivity index (χ1) is 33.7. The van der Waals surface area contributed by atoms with Crippen molar-refractivity contribution in [3.8, 4) is 67.0 Å². The zero-order valence-electron chi connectivity index (χ0n) is 36.9. The Labute approximate surface area is 394 Å². The van der Waals surface area contributed by atoms with Crippen molar-refractivity contribution in [3.63, 3.8) is 0 Å². The van der Waals surface area contributed by atoms with Crippen LogP contribution in [0, 0.1) is 0 Å². The molecule has 0 fully saturated rings. The molecule has 1 atom stereocenters. The van der Waals surface area contributed by atoms with Crippen LogP contribution in [-0.2, 0) is 5.41 Å². The Morgan fingerprint density at radius 1 is 0.294 bits per heavy atom. The summed E-state index contributed by atoms with van der Waals surface area (Å²) >= 11 is 0. The number of hydrogen-bond donors (Lipinski definition) is 0. The second-order valence-electron chi connectivity index (χ2n) is 18.0. The van der Waals surface area contributed by atoms with Crippen LogP contribution in [-0.4, -0.2) is 0 Å². The van der Waals surface area contributed by atoms with E-state index in [1.807, 2.05) is 12.1 Å². The predicted octanol–water partition coefficient (Wildman–Crippen LogP) is 17.7. The molecule has 0 bridgehead atoms. The van der Waals surface area contributed by atoms with Gasteiger partial charge >= 0.3 is 0 Å². The highest BCUT2D eigenvalue weighted by molar-refractivity contribution is 6.09. The zero-order valence-corrected chi connectivity index (χ0v) is 36.9. The Hall–Kier alpha value is -8.92. The minimum absolute atomic E-state index is 0.703. The van der Waals surface area contributed by atoms with Crippen LogP contribution in [0.4, 0.5) is 17.1 Å². The van der Waals surface area contributed by atoms with Crippen molar-refractivity contribution < 1.29 is 8.83 Å². The van der Waals surface area contributed by atoms with Crippen LogP contribution in [0.3, 0.4) is 0 Å². The van der Waals surface area contributed by atoms with Gasteiger partial charge in [-0.05, 0) is 151 Å². The third-order valence-electron chi connectivity index (χ3n) is 14.4. The maximum absolute atomic E-state index is 6.75. The third-order valence-corrected chi connectivity index (χ3v) is 14.4. The molecule has 3 nitrogen and oxygen atoms in total. The van der Waals surface area contributed by atoms with Gasteiger partial charge in [0, 0.05) is 33.4 Å². The molecule has 0 saturated heterocycles. The molecule has 2 aromatic heterocycles. The van der Waals surface area contributed by atoms with Gasteiger partial charge in [-0.25, -0.2) is 0 Å². The van der Waals surface area contributed by atoms with Gasteiger partial charge in [0.25, 0.3) is 0 Å². The molecule has 68 heavy (non-hydrogen) atoms. The molecule has 1 spiro atoms. The molecule has 0 aliphatic heterocycles. The van der Waals surface area contributed by atoms with Crippen LogP contribution in [0.15, 0.2) is 258 Å². The molecule has 318 valence electrons. The van der Waals surface area contributed by atoms with Crippen LogP contribution in [0.25, 0.3) is 88.9 Å². The van der Waals surface area contributed by atoms with Gasteiger partial charge in [-0.15, -0.1) is 0 Å². The van der Waals surface area contributed by atoms with Crippen molar-refractivity contribution in [3.05, 3.63) is 271 Å². The first-order valence-corrected chi connectivity index (χ1v) is 23.3. The summed E-state index contributed by atoms with van der Waals surface area (Å²) in [5, 5.41) is 2.26. The number of rotatable bonds is 6. The molecule has 2 aliphatic carbocycles. The largest absolute Gasteiger partial charge is 0.464 e. The average molecular weight is 868 g/mol. The Bertz CT molecular complexity index is 3900. The Balaban J connectivity index is 1.02. The summed E-state index contributed by atoms with van der Waals surface area (Å²) in [5.41, 5.74) is 22.3. The Kier molecular flexibility index (Phi) is 8.50. The zero-order chi connectivity index (χ0) is 44.8. The molecular formula is C65H41NO2. The summed E-state index contributed by atoms with van der Waals surface area (Å²) in [7, 11) is 0. The molecule has 2 aliphatic rings. The molecule has 0 N–H and O–H groups in total. The van der Waals surface area contributed by atoms with Crippen molar-refractivity contribution in [2.75, 3.05) is 4.90 Å². The van der Waals surface area contributed by atoms with E-state index in [4.69, 9.17) is 8.83 Å². The number of benzene rings is 10. The van der Waals surface area contributed by atoms with Gasteiger partial charge in [0.05, 0.1) is 11.7 Å². The summed E-state index contributed by atoms with van der Waals surface area (Å²) < 4.78 is 12.5. The second-order valence-corrected chi connectivity index (χ2v) is 18.0. The minimum Gasteiger partial charge on any atom is -0.464 e. The van der Waals surface area contributed by atoms with Gasteiger partial charge in [0.15, 0.2) is 0 Å². The fraction of sp³-hybridized carbons (Fsp3) is 0.0154. The van der Waals surface area contributed by atoms with Crippen molar-refractivity contribution in [2.45, 2.75) is 5.41 Å². The lowest BCUT2D eigenvalue weighted by atomic mass is 9.65. The van der Waals surface area contributed by atoms with Crippen LogP contribution in [0.2, 0.25) is 0 Å². The molecule has 10 aromatic carbocycles. The Morgan fingerprint density at radius 2 is 0.838 bits per heavy atom. The van der Waals surface area contributed by atoms with Crippen molar-refractivity contribution >= 4 is 39.0 Å². The molecule has 3 heteroatoms. The van der Waals surface area contributed by atoms with E-state index >= 15 is 0 Å². The molecule has 12 aromatic rings. The fourth-order valence-corrected chi connectivity index (χ4v) is 11.4. The van der Waals surface area contributed by atoms with Gasteiger partial charge in [-0.3, -0.25) is 0 Å². The molecule has 0 amide bonds. The van der Waals surface area contributed by atoms with E-state index in [0.717, 1.165) is 61.5 Å². The topological polar surface area (TPSA) is 29.5 Å². The van der Waals surface area contributed by atoms with E-state index in [0.29, 0.717) is 0 Å². The van der Waals surface area contributed by atoms with E-state index in [1.165, 1.54) is 66.8 Å². The highest BCUT2D eigenvalue weighted by Crippen LogP contribution is 2.63. The second kappa shape index (κ2) is 15.1.